The standard InChI is InChI=1S/C10H18N2O3/c1-7-5-8(15-12-7)6-11-9(13)14-10(2,3)4/h8H,5-6H2,1-4H3,(H,11,13). The summed E-state index contributed by atoms with van der Waals surface area (Å²) in [6, 6.07) is 0. The molecule has 0 aromatic carbocycles. The van der Waals surface area contributed by atoms with Gasteiger partial charge in [0.2, 0.25) is 0 Å². The summed E-state index contributed by atoms with van der Waals surface area (Å²) in [4.78, 5) is 16.3. The summed E-state index contributed by atoms with van der Waals surface area (Å²) in [6.07, 6.45) is 0.281. The van der Waals surface area contributed by atoms with E-state index in [2.05, 4.69) is 10.5 Å². The Morgan fingerprint density at radius 1 is 1.67 bits per heavy atom. The maximum atomic E-state index is 11.3. The number of hydrogen-bond acceptors (Lipinski definition) is 4. The third-order valence-electron chi connectivity index (χ3n) is 1.75. The molecule has 0 saturated heterocycles. The number of rotatable bonds is 2. The highest BCUT2D eigenvalue weighted by molar-refractivity contribution is 5.82. The number of nitrogens with one attached hydrogen (secondary N) is 1. The summed E-state index contributed by atoms with van der Waals surface area (Å²) in [5, 5.41) is 6.44. The van der Waals surface area contributed by atoms with E-state index in [1.807, 2.05) is 27.7 Å². The molecule has 1 rings (SSSR count). The molecule has 0 aromatic rings. The number of nitrogens with zero attached hydrogens (tertiary/aromatic N) is 1. The van der Waals surface area contributed by atoms with E-state index in [4.69, 9.17) is 9.57 Å². The number of oxime groups is 1. The Kier molecular flexibility index (Phi) is 3.55. The molecule has 0 aromatic heterocycles. The summed E-state index contributed by atoms with van der Waals surface area (Å²) < 4.78 is 5.08. The highest BCUT2D eigenvalue weighted by Crippen LogP contribution is 2.10. The van der Waals surface area contributed by atoms with Crippen molar-refractivity contribution in [3.8, 4) is 0 Å². The molecule has 1 aliphatic heterocycles. The van der Waals surface area contributed by atoms with Crippen LogP contribution in [0.4, 0.5) is 4.79 Å². The van der Waals surface area contributed by atoms with E-state index in [0.717, 1.165) is 12.1 Å². The van der Waals surface area contributed by atoms with Crippen molar-refractivity contribution in [1.82, 2.24) is 5.32 Å². The quantitative estimate of drug-likeness (QED) is 0.760. The van der Waals surface area contributed by atoms with Crippen LogP contribution in [0.1, 0.15) is 34.1 Å². The lowest BCUT2D eigenvalue weighted by Gasteiger charge is -2.20. The van der Waals surface area contributed by atoms with Crippen LogP contribution in [-0.2, 0) is 9.57 Å². The van der Waals surface area contributed by atoms with Crippen LogP contribution in [0, 0.1) is 0 Å². The Morgan fingerprint density at radius 3 is 2.80 bits per heavy atom. The second-order valence-corrected chi connectivity index (χ2v) is 4.64. The molecule has 0 bridgehead atoms. The van der Waals surface area contributed by atoms with Crippen molar-refractivity contribution >= 4 is 11.8 Å². The van der Waals surface area contributed by atoms with Crippen molar-refractivity contribution < 1.29 is 14.4 Å². The average Bonchev–Trinajstić information content (AvgIpc) is 2.45. The fourth-order valence-corrected chi connectivity index (χ4v) is 1.19. The number of carbonyl (C=O) groups excluding carboxylic acids is 1. The molecule has 1 atom stereocenters. The summed E-state index contributed by atoms with van der Waals surface area (Å²) in [5.74, 6) is 0. The first-order chi connectivity index (χ1) is 6.87. The Bertz CT molecular complexity index is 268. The molecular formula is C10H18N2O3. The van der Waals surface area contributed by atoms with Gasteiger partial charge in [-0.1, -0.05) is 5.16 Å². The van der Waals surface area contributed by atoms with Gasteiger partial charge in [-0.05, 0) is 27.7 Å². The van der Waals surface area contributed by atoms with Gasteiger partial charge in [0.25, 0.3) is 0 Å². The summed E-state index contributed by atoms with van der Waals surface area (Å²) in [7, 11) is 0. The highest BCUT2D eigenvalue weighted by Gasteiger charge is 2.21. The van der Waals surface area contributed by atoms with E-state index < -0.39 is 11.7 Å². The molecule has 0 aliphatic carbocycles. The fraction of sp³-hybridized carbons (Fsp3) is 0.800. The third kappa shape index (κ3) is 4.67. The molecule has 5 heteroatoms. The molecule has 5 nitrogen and oxygen atoms in total. The van der Waals surface area contributed by atoms with Crippen molar-refractivity contribution in [2.75, 3.05) is 6.54 Å². The van der Waals surface area contributed by atoms with E-state index >= 15 is 0 Å². The number of amides is 1. The van der Waals surface area contributed by atoms with Gasteiger partial charge < -0.3 is 14.9 Å². The Morgan fingerprint density at radius 2 is 2.33 bits per heavy atom. The minimum absolute atomic E-state index is 0.0579. The van der Waals surface area contributed by atoms with Gasteiger partial charge in [-0.25, -0.2) is 4.79 Å². The number of ether oxygens (including phenoxy) is 1. The lowest BCUT2D eigenvalue weighted by Crippen LogP contribution is -2.36. The molecule has 0 saturated carbocycles. The molecule has 1 amide bonds. The lowest BCUT2D eigenvalue weighted by molar-refractivity contribution is 0.0439. The van der Waals surface area contributed by atoms with E-state index in [-0.39, 0.29) is 6.10 Å². The van der Waals surface area contributed by atoms with Crippen molar-refractivity contribution in [1.29, 1.82) is 0 Å². The van der Waals surface area contributed by atoms with Crippen LogP contribution in [0.2, 0.25) is 0 Å². The van der Waals surface area contributed by atoms with Crippen LogP contribution in [0.3, 0.4) is 0 Å². The van der Waals surface area contributed by atoms with Crippen molar-refractivity contribution in [2.24, 2.45) is 5.16 Å². The van der Waals surface area contributed by atoms with E-state index in [0.29, 0.717) is 6.54 Å². The maximum Gasteiger partial charge on any atom is 0.407 e. The predicted octanol–water partition coefficient (Wildman–Crippen LogP) is 1.68. The lowest BCUT2D eigenvalue weighted by atomic mass is 10.2. The van der Waals surface area contributed by atoms with E-state index in [9.17, 15) is 4.79 Å². The van der Waals surface area contributed by atoms with Crippen LogP contribution in [0.5, 0.6) is 0 Å². The summed E-state index contributed by atoms with van der Waals surface area (Å²) in [6.45, 7) is 7.80. The largest absolute Gasteiger partial charge is 0.444 e. The van der Waals surface area contributed by atoms with Gasteiger partial charge in [0.15, 0.2) is 0 Å². The minimum atomic E-state index is -0.465. The van der Waals surface area contributed by atoms with E-state index in [1.54, 1.807) is 0 Å². The van der Waals surface area contributed by atoms with Crippen LogP contribution in [-0.4, -0.2) is 30.1 Å². The molecule has 0 radical (unpaired) electrons. The fourth-order valence-electron chi connectivity index (χ4n) is 1.19. The predicted molar refractivity (Wildman–Crippen MR) is 56.8 cm³/mol. The second-order valence-electron chi connectivity index (χ2n) is 4.64. The van der Waals surface area contributed by atoms with Gasteiger partial charge in [-0.2, -0.15) is 0 Å². The molecule has 0 spiro atoms. The van der Waals surface area contributed by atoms with Gasteiger partial charge in [-0.3, -0.25) is 0 Å². The number of hydrogen-bond donors (Lipinski definition) is 1. The van der Waals surface area contributed by atoms with Gasteiger partial charge >= 0.3 is 6.09 Å². The van der Waals surface area contributed by atoms with Gasteiger partial charge in [-0.15, -0.1) is 0 Å². The normalized spacial score (nSPS) is 20.5. The van der Waals surface area contributed by atoms with Crippen LogP contribution < -0.4 is 5.32 Å². The van der Waals surface area contributed by atoms with Crippen molar-refractivity contribution in [3.05, 3.63) is 0 Å². The van der Waals surface area contributed by atoms with Crippen LogP contribution in [0.15, 0.2) is 5.16 Å². The maximum absolute atomic E-state index is 11.3. The Balaban J connectivity index is 2.18. The van der Waals surface area contributed by atoms with Crippen LogP contribution >= 0.6 is 0 Å². The molecule has 0 fully saturated rings. The van der Waals surface area contributed by atoms with Crippen molar-refractivity contribution in [2.45, 2.75) is 45.8 Å². The number of alkyl carbamates (subject to hydrolysis) is 1. The zero-order valence-corrected chi connectivity index (χ0v) is 9.66. The first-order valence-corrected chi connectivity index (χ1v) is 5.03. The average molecular weight is 214 g/mol. The van der Waals surface area contributed by atoms with Gasteiger partial charge in [0.05, 0.1) is 12.3 Å². The molecular weight excluding hydrogens is 196 g/mol. The molecule has 1 N–H and O–H groups in total. The first kappa shape index (κ1) is 11.8. The van der Waals surface area contributed by atoms with E-state index in [1.165, 1.54) is 0 Å². The molecule has 1 unspecified atom stereocenters. The van der Waals surface area contributed by atoms with Crippen LogP contribution in [0.25, 0.3) is 0 Å². The molecule has 15 heavy (non-hydrogen) atoms. The molecule has 1 aliphatic rings. The number of carbonyl (C=O) groups is 1. The molecule has 1 heterocycles. The highest BCUT2D eigenvalue weighted by atomic mass is 16.6. The minimum Gasteiger partial charge on any atom is -0.444 e. The SMILES string of the molecule is CC1=NOC(CNC(=O)OC(C)(C)C)C1. The summed E-state index contributed by atoms with van der Waals surface area (Å²) >= 11 is 0. The smallest absolute Gasteiger partial charge is 0.407 e. The second kappa shape index (κ2) is 4.51. The first-order valence-electron chi connectivity index (χ1n) is 5.03. The zero-order valence-electron chi connectivity index (χ0n) is 9.66. The third-order valence-corrected chi connectivity index (χ3v) is 1.75. The molecule has 86 valence electrons. The van der Waals surface area contributed by atoms with Gasteiger partial charge in [0.1, 0.15) is 11.7 Å². The Labute approximate surface area is 89.8 Å². The summed E-state index contributed by atoms with van der Waals surface area (Å²) in [5.41, 5.74) is 0.485. The topological polar surface area (TPSA) is 59.9 Å². The Hall–Kier alpha value is -1.26. The van der Waals surface area contributed by atoms with Gasteiger partial charge in [0, 0.05) is 6.42 Å². The zero-order chi connectivity index (χ0) is 11.5. The van der Waals surface area contributed by atoms with Crippen molar-refractivity contribution in [3.63, 3.8) is 0 Å². The monoisotopic (exact) mass is 214 g/mol.